The molecule has 4 unspecified atom stereocenters. The van der Waals surface area contributed by atoms with E-state index < -0.39 is 0 Å². The second kappa shape index (κ2) is 4.96. The molecule has 4 atom stereocenters. The van der Waals surface area contributed by atoms with Gasteiger partial charge in [-0.05, 0) is 60.9 Å². The fourth-order valence-corrected chi connectivity index (χ4v) is 3.87. The molecule has 1 aromatic heterocycles. The van der Waals surface area contributed by atoms with Crippen molar-refractivity contribution in [1.82, 2.24) is 25.5 Å². The molecule has 18 heavy (non-hydrogen) atoms. The normalized spacial score (nSPS) is 32.0. The quantitative estimate of drug-likeness (QED) is 0.864. The van der Waals surface area contributed by atoms with Crippen molar-refractivity contribution in [3.05, 3.63) is 5.82 Å². The van der Waals surface area contributed by atoms with Crippen molar-refractivity contribution < 1.29 is 0 Å². The van der Waals surface area contributed by atoms with Gasteiger partial charge in [-0.25, -0.2) is 4.68 Å². The Balaban J connectivity index is 1.68. The SMILES string of the molecule is CCNC(C)c1nnnn1CC1CC2CCC1C2. The fraction of sp³-hybridized carbons (Fsp3) is 0.923. The molecule has 1 N–H and O–H groups in total. The second-order valence-electron chi connectivity index (χ2n) is 5.93. The van der Waals surface area contributed by atoms with Crippen molar-refractivity contribution in [2.24, 2.45) is 17.8 Å². The van der Waals surface area contributed by atoms with Crippen molar-refractivity contribution in [3.8, 4) is 0 Å². The molecule has 2 fully saturated rings. The largest absolute Gasteiger partial charge is 0.308 e. The Morgan fingerprint density at radius 1 is 1.39 bits per heavy atom. The number of nitrogens with zero attached hydrogens (tertiary/aromatic N) is 4. The van der Waals surface area contributed by atoms with Crippen LogP contribution in [0.5, 0.6) is 0 Å². The molecule has 5 nitrogen and oxygen atoms in total. The lowest BCUT2D eigenvalue weighted by Crippen LogP contribution is -2.25. The lowest BCUT2D eigenvalue weighted by Gasteiger charge is -2.22. The lowest BCUT2D eigenvalue weighted by atomic mass is 9.89. The van der Waals surface area contributed by atoms with Gasteiger partial charge in [-0.15, -0.1) is 5.10 Å². The zero-order chi connectivity index (χ0) is 12.5. The first-order chi connectivity index (χ1) is 8.78. The van der Waals surface area contributed by atoms with Gasteiger partial charge in [0.25, 0.3) is 0 Å². The highest BCUT2D eigenvalue weighted by atomic mass is 15.5. The molecule has 5 heteroatoms. The molecular formula is C13H23N5. The van der Waals surface area contributed by atoms with E-state index in [1.165, 1.54) is 25.7 Å². The Hall–Kier alpha value is -0.970. The van der Waals surface area contributed by atoms with Gasteiger partial charge in [0, 0.05) is 6.54 Å². The molecule has 0 spiro atoms. The molecule has 100 valence electrons. The van der Waals surface area contributed by atoms with E-state index in [1.807, 2.05) is 4.68 Å². The van der Waals surface area contributed by atoms with Crippen LogP contribution in [0, 0.1) is 17.8 Å². The first-order valence-corrected chi connectivity index (χ1v) is 7.27. The summed E-state index contributed by atoms with van der Waals surface area (Å²) < 4.78 is 2.03. The Bertz CT molecular complexity index is 402. The van der Waals surface area contributed by atoms with E-state index in [0.29, 0.717) is 0 Å². The molecule has 2 bridgehead atoms. The van der Waals surface area contributed by atoms with E-state index in [9.17, 15) is 0 Å². The summed E-state index contributed by atoms with van der Waals surface area (Å²) in [7, 11) is 0. The predicted octanol–water partition coefficient (Wildman–Crippen LogP) is 1.78. The number of rotatable bonds is 5. The van der Waals surface area contributed by atoms with Crippen LogP contribution >= 0.6 is 0 Å². The van der Waals surface area contributed by atoms with E-state index >= 15 is 0 Å². The maximum atomic E-state index is 4.18. The Morgan fingerprint density at radius 2 is 2.28 bits per heavy atom. The predicted molar refractivity (Wildman–Crippen MR) is 68.8 cm³/mol. The zero-order valence-corrected chi connectivity index (χ0v) is 11.3. The maximum absolute atomic E-state index is 4.18. The highest BCUT2D eigenvalue weighted by Crippen LogP contribution is 2.48. The van der Waals surface area contributed by atoms with Gasteiger partial charge in [0.15, 0.2) is 5.82 Å². The van der Waals surface area contributed by atoms with Crippen molar-refractivity contribution in [1.29, 1.82) is 0 Å². The molecule has 0 aliphatic heterocycles. The molecule has 0 radical (unpaired) electrons. The topological polar surface area (TPSA) is 55.6 Å². The molecule has 2 saturated carbocycles. The van der Waals surface area contributed by atoms with Gasteiger partial charge >= 0.3 is 0 Å². The van der Waals surface area contributed by atoms with Gasteiger partial charge in [-0.1, -0.05) is 13.3 Å². The summed E-state index contributed by atoms with van der Waals surface area (Å²) in [6, 6.07) is 0.239. The van der Waals surface area contributed by atoms with Crippen LogP contribution in [-0.2, 0) is 6.54 Å². The van der Waals surface area contributed by atoms with E-state index in [4.69, 9.17) is 0 Å². The molecule has 0 aromatic carbocycles. The minimum absolute atomic E-state index is 0.239. The van der Waals surface area contributed by atoms with Crippen molar-refractivity contribution in [3.63, 3.8) is 0 Å². The molecule has 0 amide bonds. The molecule has 2 aliphatic rings. The summed E-state index contributed by atoms with van der Waals surface area (Å²) in [5.41, 5.74) is 0. The molecule has 3 rings (SSSR count). The Morgan fingerprint density at radius 3 is 2.94 bits per heavy atom. The third kappa shape index (κ3) is 2.16. The van der Waals surface area contributed by atoms with Gasteiger partial charge in [0.2, 0.25) is 0 Å². The third-order valence-corrected chi connectivity index (χ3v) is 4.75. The van der Waals surface area contributed by atoms with Crippen molar-refractivity contribution >= 4 is 0 Å². The highest BCUT2D eigenvalue weighted by molar-refractivity contribution is 4.94. The number of hydrogen-bond donors (Lipinski definition) is 1. The van der Waals surface area contributed by atoms with Gasteiger partial charge in [0.1, 0.15) is 0 Å². The summed E-state index contributed by atoms with van der Waals surface area (Å²) in [5.74, 6) is 3.71. The van der Waals surface area contributed by atoms with Crippen molar-refractivity contribution in [2.45, 2.75) is 52.1 Å². The highest BCUT2D eigenvalue weighted by Gasteiger charge is 2.39. The van der Waals surface area contributed by atoms with Crippen LogP contribution in [-0.4, -0.2) is 26.8 Å². The van der Waals surface area contributed by atoms with Gasteiger partial charge in [-0.2, -0.15) is 0 Å². The van der Waals surface area contributed by atoms with Crippen LogP contribution < -0.4 is 5.32 Å². The summed E-state index contributed by atoms with van der Waals surface area (Å²) in [4.78, 5) is 0. The summed E-state index contributed by atoms with van der Waals surface area (Å²) >= 11 is 0. The zero-order valence-electron chi connectivity index (χ0n) is 11.3. The van der Waals surface area contributed by atoms with Gasteiger partial charge < -0.3 is 5.32 Å². The fourth-order valence-electron chi connectivity index (χ4n) is 3.87. The molecule has 2 aliphatic carbocycles. The molecule has 1 heterocycles. The van der Waals surface area contributed by atoms with E-state index in [2.05, 4.69) is 34.7 Å². The minimum atomic E-state index is 0.239. The first kappa shape index (κ1) is 12.1. The third-order valence-electron chi connectivity index (χ3n) is 4.75. The standard InChI is InChI=1S/C13H23N5/c1-3-14-9(2)13-15-16-17-18(13)8-12-7-10-4-5-11(12)6-10/h9-12,14H,3-8H2,1-2H3. The van der Waals surface area contributed by atoms with Crippen LogP contribution in [0.15, 0.2) is 0 Å². The van der Waals surface area contributed by atoms with Crippen LogP contribution in [0.1, 0.15) is 51.4 Å². The Kier molecular flexibility index (Phi) is 3.33. The number of aromatic nitrogens is 4. The van der Waals surface area contributed by atoms with Gasteiger partial charge in [-0.3, -0.25) is 0 Å². The smallest absolute Gasteiger partial charge is 0.167 e. The van der Waals surface area contributed by atoms with Crippen LogP contribution in [0.4, 0.5) is 0 Å². The number of nitrogens with one attached hydrogen (secondary N) is 1. The molecular weight excluding hydrogens is 226 g/mol. The van der Waals surface area contributed by atoms with E-state index in [0.717, 1.165) is 36.7 Å². The lowest BCUT2D eigenvalue weighted by molar-refractivity contribution is 0.277. The average Bonchev–Trinajstić information content (AvgIpc) is 3.04. The monoisotopic (exact) mass is 249 g/mol. The number of tetrazole rings is 1. The second-order valence-corrected chi connectivity index (χ2v) is 5.93. The summed E-state index contributed by atoms with van der Waals surface area (Å²) in [6.45, 7) is 6.20. The van der Waals surface area contributed by atoms with E-state index in [-0.39, 0.29) is 6.04 Å². The minimum Gasteiger partial charge on any atom is -0.308 e. The van der Waals surface area contributed by atoms with Crippen LogP contribution in [0.25, 0.3) is 0 Å². The number of fused-ring (bicyclic) bond motifs is 2. The maximum Gasteiger partial charge on any atom is 0.167 e. The van der Waals surface area contributed by atoms with Crippen LogP contribution in [0.3, 0.4) is 0 Å². The summed E-state index contributed by atoms with van der Waals surface area (Å²) in [6.07, 6.45) is 5.72. The number of hydrogen-bond acceptors (Lipinski definition) is 4. The first-order valence-electron chi connectivity index (χ1n) is 7.27. The van der Waals surface area contributed by atoms with Gasteiger partial charge in [0.05, 0.1) is 6.04 Å². The van der Waals surface area contributed by atoms with Crippen LogP contribution in [0.2, 0.25) is 0 Å². The van der Waals surface area contributed by atoms with Crippen molar-refractivity contribution in [2.75, 3.05) is 6.54 Å². The average molecular weight is 249 g/mol. The van der Waals surface area contributed by atoms with E-state index in [1.54, 1.807) is 0 Å². The molecule has 1 aromatic rings. The molecule has 0 saturated heterocycles. The Labute approximate surface area is 108 Å². The summed E-state index contributed by atoms with van der Waals surface area (Å²) in [5, 5.41) is 15.6.